The Kier molecular flexibility index (Phi) is 7.48. The number of nitrogens with one attached hydrogen (secondary N) is 2. The lowest BCUT2D eigenvalue weighted by molar-refractivity contribution is -0.113. The number of aryl methyl sites for hydroxylation is 1. The van der Waals surface area contributed by atoms with Crippen LogP contribution >= 0.6 is 23.4 Å². The van der Waals surface area contributed by atoms with Gasteiger partial charge in [0.05, 0.1) is 23.4 Å². The van der Waals surface area contributed by atoms with Crippen LogP contribution in [-0.4, -0.2) is 27.2 Å². The number of hydrogen-bond donors (Lipinski definition) is 2. The minimum Gasteiger partial charge on any atom is -0.495 e. The second-order valence-electron chi connectivity index (χ2n) is 6.62. The highest BCUT2D eigenvalue weighted by Crippen LogP contribution is 2.28. The summed E-state index contributed by atoms with van der Waals surface area (Å²) in [5.41, 5.74) is 1.76. The van der Waals surface area contributed by atoms with Crippen LogP contribution in [0.25, 0.3) is 0 Å². The van der Waals surface area contributed by atoms with Crippen molar-refractivity contribution in [1.29, 1.82) is 0 Å². The highest BCUT2D eigenvalue weighted by atomic mass is 35.5. The fourth-order valence-corrected chi connectivity index (χ4v) is 4.59. The van der Waals surface area contributed by atoms with Crippen LogP contribution < -0.4 is 14.8 Å². The number of methoxy groups -OCH3 is 1. The van der Waals surface area contributed by atoms with Crippen LogP contribution in [0.3, 0.4) is 0 Å². The summed E-state index contributed by atoms with van der Waals surface area (Å²) < 4.78 is 33.2. The summed E-state index contributed by atoms with van der Waals surface area (Å²) in [5.74, 6) is 0.450. The third kappa shape index (κ3) is 6.40. The van der Waals surface area contributed by atoms with Crippen LogP contribution in [-0.2, 0) is 14.8 Å². The van der Waals surface area contributed by atoms with Crippen molar-refractivity contribution >= 4 is 50.7 Å². The standard InChI is InChI=1S/C22H21ClN2O4S2/c1-15-3-12-21(29-2)20(13-15)25-31(27,28)19-10-6-17(7-11-19)24-22(26)14-30-18-8-4-16(23)5-9-18/h3-13,25H,14H2,1-2H3,(H,24,26). The van der Waals surface area contributed by atoms with Gasteiger partial charge >= 0.3 is 0 Å². The minimum absolute atomic E-state index is 0.0737. The molecule has 0 atom stereocenters. The number of hydrogen-bond acceptors (Lipinski definition) is 5. The number of thioether (sulfide) groups is 1. The molecule has 0 spiro atoms. The van der Waals surface area contributed by atoms with Crippen molar-refractivity contribution in [3.63, 3.8) is 0 Å². The van der Waals surface area contributed by atoms with Crippen LogP contribution in [0.1, 0.15) is 5.56 Å². The van der Waals surface area contributed by atoms with Crippen molar-refractivity contribution in [1.82, 2.24) is 0 Å². The summed E-state index contributed by atoms with van der Waals surface area (Å²) in [6.07, 6.45) is 0. The molecule has 0 saturated carbocycles. The Morgan fingerprint density at radius 1 is 1.03 bits per heavy atom. The van der Waals surface area contributed by atoms with Crippen molar-refractivity contribution in [2.24, 2.45) is 0 Å². The number of anilines is 2. The van der Waals surface area contributed by atoms with Gasteiger partial charge in [0.1, 0.15) is 5.75 Å². The monoisotopic (exact) mass is 476 g/mol. The number of halogens is 1. The summed E-state index contributed by atoms with van der Waals surface area (Å²) in [7, 11) is -2.34. The van der Waals surface area contributed by atoms with Crippen LogP contribution in [0.2, 0.25) is 5.02 Å². The zero-order valence-electron chi connectivity index (χ0n) is 16.9. The molecule has 0 aromatic heterocycles. The average Bonchev–Trinajstić information content (AvgIpc) is 2.74. The van der Waals surface area contributed by atoms with E-state index in [1.54, 1.807) is 36.4 Å². The number of ether oxygens (including phenoxy) is 1. The van der Waals surface area contributed by atoms with E-state index in [-0.39, 0.29) is 16.6 Å². The van der Waals surface area contributed by atoms with Crippen LogP contribution in [0, 0.1) is 6.92 Å². The molecular formula is C22H21ClN2O4S2. The highest BCUT2D eigenvalue weighted by molar-refractivity contribution is 8.00. The van der Waals surface area contributed by atoms with Gasteiger partial charge in [0.2, 0.25) is 5.91 Å². The lowest BCUT2D eigenvalue weighted by Crippen LogP contribution is -2.15. The maximum Gasteiger partial charge on any atom is 0.262 e. The number of carbonyl (C=O) groups excluding carboxylic acids is 1. The maximum absolute atomic E-state index is 12.7. The Labute approximate surface area is 191 Å². The summed E-state index contributed by atoms with van der Waals surface area (Å²) in [6.45, 7) is 1.86. The van der Waals surface area contributed by atoms with Gasteiger partial charge < -0.3 is 10.1 Å². The summed E-state index contributed by atoms with van der Waals surface area (Å²) in [6, 6.07) is 18.4. The molecule has 0 fully saturated rings. The predicted molar refractivity (Wildman–Crippen MR) is 126 cm³/mol. The van der Waals surface area contributed by atoms with Gasteiger partial charge in [0.25, 0.3) is 10.0 Å². The molecule has 0 radical (unpaired) electrons. The Balaban J connectivity index is 1.63. The first-order chi connectivity index (χ1) is 14.8. The first kappa shape index (κ1) is 23.0. The summed E-state index contributed by atoms with van der Waals surface area (Å²) >= 11 is 7.23. The number of rotatable bonds is 8. The minimum atomic E-state index is -3.82. The van der Waals surface area contributed by atoms with Crippen molar-refractivity contribution in [3.05, 3.63) is 77.3 Å². The molecule has 2 N–H and O–H groups in total. The lowest BCUT2D eigenvalue weighted by Gasteiger charge is -2.13. The predicted octanol–water partition coefficient (Wildman–Crippen LogP) is 5.19. The molecule has 0 heterocycles. The molecule has 31 heavy (non-hydrogen) atoms. The van der Waals surface area contributed by atoms with Gasteiger partial charge in [-0.05, 0) is 73.2 Å². The van der Waals surface area contributed by atoms with Gasteiger partial charge in [-0.3, -0.25) is 9.52 Å². The molecule has 0 aliphatic rings. The SMILES string of the molecule is COc1ccc(C)cc1NS(=O)(=O)c1ccc(NC(=O)CSc2ccc(Cl)cc2)cc1. The molecule has 3 aromatic carbocycles. The number of amides is 1. The zero-order valence-corrected chi connectivity index (χ0v) is 19.3. The molecule has 3 aromatic rings. The van der Waals surface area contributed by atoms with Gasteiger partial charge in [-0.2, -0.15) is 0 Å². The highest BCUT2D eigenvalue weighted by Gasteiger charge is 2.17. The van der Waals surface area contributed by atoms with Crippen LogP contribution in [0.5, 0.6) is 5.75 Å². The smallest absolute Gasteiger partial charge is 0.262 e. The molecule has 0 bridgehead atoms. The van der Waals surface area contributed by atoms with E-state index in [1.807, 2.05) is 25.1 Å². The van der Waals surface area contributed by atoms with Crippen LogP contribution in [0.15, 0.2) is 76.5 Å². The van der Waals surface area contributed by atoms with Crippen LogP contribution in [0.4, 0.5) is 11.4 Å². The van der Waals surface area contributed by atoms with E-state index in [2.05, 4.69) is 10.0 Å². The Hall–Kier alpha value is -2.68. The van der Waals surface area contributed by atoms with Crippen molar-refractivity contribution in [3.8, 4) is 5.75 Å². The lowest BCUT2D eigenvalue weighted by atomic mass is 10.2. The van der Waals surface area contributed by atoms with Crippen molar-refractivity contribution in [2.45, 2.75) is 16.7 Å². The van der Waals surface area contributed by atoms with Crippen molar-refractivity contribution < 1.29 is 17.9 Å². The summed E-state index contributed by atoms with van der Waals surface area (Å²) in [4.78, 5) is 13.2. The Morgan fingerprint density at radius 3 is 2.35 bits per heavy atom. The molecule has 0 unspecified atom stereocenters. The molecule has 162 valence electrons. The van der Waals surface area contributed by atoms with Gasteiger partial charge in [-0.15, -0.1) is 11.8 Å². The van der Waals surface area contributed by atoms with E-state index in [1.165, 1.54) is 31.0 Å². The zero-order chi connectivity index (χ0) is 22.4. The molecule has 0 saturated heterocycles. The topological polar surface area (TPSA) is 84.5 Å². The van der Waals surface area contributed by atoms with E-state index in [0.717, 1.165) is 10.5 Å². The van der Waals surface area contributed by atoms with Gasteiger partial charge in [-0.25, -0.2) is 8.42 Å². The van der Waals surface area contributed by atoms with E-state index in [0.29, 0.717) is 22.1 Å². The largest absolute Gasteiger partial charge is 0.495 e. The van der Waals surface area contributed by atoms with E-state index >= 15 is 0 Å². The first-order valence-corrected chi connectivity index (χ1v) is 12.1. The summed E-state index contributed by atoms with van der Waals surface area (Å²) in [5, 5.41) is 3.39. The molecule has 0 aliphatic heterocycles. The molecule has 9 heteroatoms. The second-order valence-corrected chi connectivity index (χ2v) is 9.79. The number of carbonyl (C=O) groups is 1. The maximum atomic E-state index is 12.7. The number of sulfonamides is 1. The third-order valence-electron chi connectivity index (χ3n) is 4.23. The van der Waals surface area contributed by atoms with E-state index < -0.39 is 10.0 Å². The fraction of sp³-hybridized carbons (Fsp3) is 0.136. The Morgan fingerprint density at radius 2 is 1.71 bits per heavy atom. The number of benzene rings is 3. The Bertz CT molecular complexity index is 1170. The fourth-order valence-electron chi connectivity index (χ4n) is 2.70. The molecule has 1 amide bonds. The van der Waals surface area contributed by atoms with Crippen molar-refractivity contribution in [2.75, 3.05) is 22.9 Å². The quantitative estimate of drug-likeness (QED) is 0.437. The second kappa shape index (κ2) is 10.1. The average molecular weight is 477 g/mol. The molecule has 0 aliphatic carbocycles. The third-order valence-corrected chi connectivity index (χ3v) is 6.88. The molecule has 3 rings (SSSR count). The molecular weight excluding hydrogens is 456 g/mol. The normalized spacial score (nSPS) is 11.1. The van der Waals surface area contributed by atoms with Gasteiger partial charge in [0.15, 0.2) is 0 Å². The first-order valence-electron chi connectivity index (χ1n) is 9.22. The molecule has 6 nitrogen and oxygen atoms in total. The van der Waals surface area contributed by atoms with E-state index in [4.69, 9.17) is 16.3 Å². The van der Waals surface area contributed by atoms with Gasteiger partial charge in [0, 0.05) is 15.6 Å². The van der Waals surface area contributed by atoms with E-state index in [9.17, 15) is 13.2 Å². The van der Waals surface area contributed by atoms with Gasteiger partial charge in [-0.1, -0.05) is 17.7 Å².